The first-order chi connectivity index (χ1) is 31.0. The number of methoxy groups -OCH3 is 2. The van der Waals surface area contributed by atoms with Gasteiger partial charge in [0.15, 0.2) is 0 Å². The van der Waals surface area contributed by atoms with Crippen molar-refractivity contribution in [2.75, 3.05) is 112 Å². The lowest BCUT2D eigenvalue weighted by atomic mass is 10.1. The first kappa shape index (κ1) is 48.5. The lowest BCUT2D eigenvalue weighted by Gasteiger charge is -2.21. The van der Waals surface area contributed by atoms with E-state index in [1.54, 1.807) is 14.2 Å². The fourth-order valence-electron chi connectivity index (χ4n) is 6.21. The molecule has 5 rings (SSSR count). The second-order valence-corrected chi connectivity index (χ2v) is 14.6. The third kappa shape index (κ3) is 18.8. The highest BCUT2D eigenvalue weighted by molar-refractivity contribution is 5.78. The summed E-state index contributed by atoms with van der Waals surface area (Å²) in [6.07, 6.45) is 11.8. The minimum Gasteiger partial charge on any atom is -0.491 e. The van der Waals surface area contributed by atoms with E-state index in [9.17, 15) is 0 Å². The molecule has 13 heteroatoms. The summed E-state index contributed by atoms with van der Waals surface area (Å²) in [5, 5.41) is 0. The topological polar surface area (TPSA) is 119 Å². The van der Waals surface area contributed by atoms with Crippen LogP contribution in [-0.2, 0) is 48.1 Å². The summed E-state index contributed by atoms with van der Waals surface area (Å²) >= 11 is 0. The highest BCUT2D eigenvalue weighted by atomic mass is 16.6. The summed E-state index contributed by atoms with van der Waals surface area (Å²) in [5.74, 6) is 1.37. The molecule has 336 valence electrons. The predicted molar refractivity (Wildman–Crippen MR) is 249 cm³/mol. The molecule has 2 aromatic carbocycles. The van der Waals surface area contributed by atoms with Gasteiger partial charge in [-0.25, -0.2) is 0 Å². The monoisotopic (exact) mass is 861 g/mol. The molecule has 0 bridgehead atoms. The number of nitrogens with zero attached hydrogens (tertiary/aromatic N) is 5. The first-order valence-corrected chi connectivity index (χ1v) is 21.3. The van der Waals surface area contributed by atoms with E-state index < -0.39 is 0 Å². The van der Waals surface area contributed by atoms with Gasteiger partial charge in [-0.3, -0.25) is 19.9 Å². The molecule has 63 heavy (non-hydrogen) atoms. The van der Waals surface area contributed by atoms with Crippen molar-refractivity contribution in [2.24, 2.45) is 0 Å². The molecule has 0 aliphatic heterocycles. The molecule has 0 N–H and O–H groups in total. The zero-order valence-electron chi connectivity index (χ0n) is 37.2. The molecular weight excluding hydrogens is 799 g/mol. The number of ether oxygens (including phenoxy) is 8. The van der Waals surface area contributed by atoms with Crippen LogP contribution in [0.15, 0.2) is 103 Å². The molecule has 0 aliphatic carbocycles. The van der Waals surface area contributed by atoms with E-state index >= 15 is 0 Å². The van der Waals surface area contributed by atoms with Gasteiger partial charge in [0.25, 0.3) is 0 Å². The van der Waals surface area contributed by atoms with Crippen LogP contribution in [0.2, 0.25) is 0 Å². The Morgan fingerprint density at radius 2 is 0.952 bits per heavy atom. The standard InChI is InChI=1S/C50H63N5O8/c1-54(2)48-20-15-41(16-21-48)14-17-42-36-50(63-35-33-61-31-29-59-27-25-57-4)43(37-49(42)62-34-32-60-30-28-58-26-24-56-3)18-19-44-12-9-13-47(53-44)40-55(38-45-10-5-7-22-51-45)39-46-11-6-8-23-52-46/h5-23,36-37H,24-35,38-40H2,1-4H3/b17-14+,19-18+. The van der Waals surface area contributed by atoms with Crippen LogP contribution in [0.25, 0.3) is 24.3 Å². The van der Waals surface area contributed by atoms with Crippen molar-refractivity contribution in [2.45, 2.75) is 19.6 Å². The average molecular weight is 862 g/mol. The van der Waals surface area contributed by atoms with Gasteiger partial charge in [-0.1, -0.05) is 42.5 Å². The third-order valence-electron chi connectivity index (χ3n) is 9.46. The SMILES string of the molecule is COCCOCCOCCOc1cc(/C=C/c2cccc(CN(Cc3ccccn3)Cc3ccccn3)n2)c(OCCOCCOCCOC)cc1/C=C/c1ccc(N(C)C)cc1. The fraction of sp³-hybridized carbons (Fsp3) is 0.380. The van der Waals surface area contributed by atoms with Crippen LogP contribution < -0.4 is 14.4 Å². The molecule has 3 heterocycles. The van der Waals surface area contributed by atoms with Crippen molar-refractivity contribution in [1.82, 2.24) is 19.9 Å². The Morgan fingerprint density at radius 3 is 1.44 bits per heavy atom. The molecule has 0 saturated carbocycles. The first-order valence-electron chi connectivity index (χ1n) is 21.3. The molecular formula is C50H63N5O8. The summed E-state index contributed by atoms with van der Waals surface area (Å²) in [6, 6.07) is 30.4. The highest BCUT2D eigenvalue weighted by Gasteiger charge is 2.13. The van der Waals surface area contributed by atoms with Crippen molar-refractivity contribution in [1.29, 1.82) is 0 Å². The molecule has 5 aromatic rings. The number of anilines is 1. The van der Waals surface area contributed by atoms with Crippen LogP contribution in [0.4, 0.5) is 5.69 Å². The minimum absolute atomic E-state index is 0.338. The van der Waals surface area contributed by atoms with Crippen LogP contribution >= 0.6 is 0 Å². The van der Waals surface area contributed by atoms with Gasteiger partial charge >= 0.3 is 0 Å². The maximum absolute atomic E-state index is 6.43. The summed E-state index contributed by atoms with van der Waals surface area (Å²) in [7, 11) is 7.37. The number of hydrogen-bond acceptors (Lipinski definition) is 13. The fourth-order valence-corrected chi connectivity index (χ4v) is 6.21. The van der Waals surface area contributed by atoms with Gasteiger partial charge in [-0.2, -0.15) is 0 Å². The van der Waals surface area contributed by atoms with Crippen LogP contribution in [0, 0.1) is 0 Å². The Labute approximate surface area is 373 Å². The predicted octanol–water partition coefficient (Wildman–Crippen LogP) is 7.60. The lowest BCUT2D eigenvalue weighted by Crippen LogP contribution is -2.24. The zero-order chi connectivity index (χ0) is 44.2. The Kier molecular flexibility index (Phi) is 22.3. The number of pyridine rings is 3. The number of rotatable bonds is 31. The number of benzene rings is 2. The summed E-state index contributed by atoms with van der Waals surface area (Å²) in [5.41, 5.74) is 7.56. The van der Waals surface area contributed by atoms with E-state index in [-0.39, 0.29) is 0 Å². The second kappa shape index (κ2) is 29.0. The molecule has 0 atom stereocenters. The maximum atomic E-state index is 6.43. The van der Waals surface area contributed by atoms with Gasteiger partial charge < -0.3 is 42.8 Å². The summed E-state index contributed by atoms with van der Waals surface area (Å²) in [4.78, 5) is 18.6. The van der Waals surface area contributed by atoms with Gasteiger partial charge in [-0.15, -0.1) is 0 Å². The molecule has 0 unspecified atom stereocenters. The number of aromatic nitrogens is 3. The van der Waals surface area contributed by atoms with Crippen LogP contribution in [0.5, 0.6) is 11.5 Å². The van der Waals surface area contributed by atoms with E-state index in [1.165, 1.54) is 0 Å². The summed E-state index contributed by atoms with van der Waals surface area (Å²) < 4.78 is 45.7. The highest BCUT2D eigenvalue weighted by Crippen LogP contribution is 2.32. The molecule has 3 aromatic heterocycles. The Morgan fingerprint density at radius 1 is 0.476 bits per heavy atom. The van der Waals surface area contributed by atoms with E-state index in [1.807, 2.05) is 111 Å². The van der Waals surface area contributed by atoms with Crippen LogP contribution in [-0.4, -0.2) is 127 Å². The van der Waals surface area contributed by atoms with Crippen LogP contribution in [0.3, 0.4) is 0 Å². The van der Waals surface area contributed by atoms with Crippen LogP contribution in [0.1, 0.15) is 39.5 Å². The average Bonchev–Trinajstić information content (AvgIpc) is 3.30. The molecule has 0 spiro atoms. The van der Waals surface area contributed by atoms with Crippen molar-refractivity contribution in [3.8, 4) is 11.5 Å². The van der Waals surface area contributed by atoms with Gasteiger partial charge in [0.05, 0.1) is 88.8 Å². The largest absolute Gasteiger partial charge is 0.491 e. The lowest BCUT2D eigenvalue weighted by molar-refractivity contribution is 0.0177. The normalized spacial score (nSPS) is 11.6. The van der Waals surface area contributed by atoms with Gasteiger partial charge in [0, 0.05) is 77.2 Å². The Balaban J connectivity index is 1.37. The molecule has 0 fully saturated rings. The van der Waals surface area contributed by atoms with E-state index in [0.29, 0.717) is 110 Å². The van der Waals surface area contributed by atoms with Gasteiger partial charge in [0.2, 0.25) is 0 Å². The summed E-state index contributed by atoms with van der Waals surface area (Å²) in [6.45, 7) is 7.42. The Hall–Kier alpha value is -5.51. The third-order valence-corrected chi connectivity index (χ3v) is 9.46. The minimum atomic E-state index is 0.338. The smallest absolute Gasteiger partial charge is 0.127 e. The van der Waals surface area contributed by atoms with Crippen molar-refractivity contribution in [3.63, 3.8) is 0 Å². The van der Waals surface area contributed by atoms with Crippen molar-refractivity contribution in [3.05, 3.63) is 143 Å². The maximum Gasteiger partial charge on any atom is 0.127 e. The van der Waals surface area contributed by atoms with Gasteiger partial charge in [0.1, 0.15) is 24.7 Å². The molecule has 0 radical (unpaired) electrons. The Bertz CT molecular complexity index is 2010. The van der Waals surface area contributed by atoms with E-state index in [2.05, 4.69) is 50.1 Å². The van der Waals surface area contributed by atoms with Crippen molar-refractivity contribution >= 4 is 30.0 Å². The number of hydrogen-bond donors (Lipinski definition) is 0. The van der Waals surface area contributed by atoms with Gasteiger partial charge in [-0.05, 0) is 78.4 Å². The van der Waals surface area contributed by atoms with Crippen molar-refractivity contribution < 1.29 is 37.9 Å². The van der Waals surface area contributed by atoms with E-state index in [0.717, 1.165) is 45.2 Å². The molecule has 0 amide bonds. The quantitative estimate of drug-likeness (QED) is 0.0322. The zero-order valence-corrected chi connectivity index (χ0v) is 37.2. The van der Waals surface area contributed by atoms with E-state index in [4.69, 9.17) is 42.9 Å². The molecule has 0 aliphatic rings. The second-order valence-electron chi connectivity index (χ2n) is 14.6. The molecule has 0 saturated heterocycles. The molecule has 13 nitrogen and oxygen atoms in total.